The molecule has 0 aliphatic rings. The van der Waals surface area contributed by atoms with Gasteiger partial charge in [-0.25, -0.2) is 4.79 Å². The topological polar surface area (TPSA) is 68.3 Å². The van der Waals surface area contributed by atoms with E-state index in [1.165, 1.54) is 12.3 Å². The molecule has 1 N–H and O–H groups in total. The molecule has 2 heterocycles. The van der Waals surface area contributed by atoms with E-state index in [1.807, 2.05) is 59.3 Å². The van der Waals surface area contributed by atoms with Crippen LogP contribution in [0.5, 0.6) is 0 Å². The van der Waals surface area contributed by atoms with Crippen LogP contribution in [0, 0.1) is 0 Å². The Morgan fingerprint density at radius 2 is 1.79 bits per heavy atom. The molecule has 0 fully saturated rings. The van der Waals surface area contributed by atoms with Gasteiger partial charge in [0.1, 0.15) is 11.3 Å². The lowest BCUT2D eigenvalue weighted by Gasteiger charge is -2.03. The minimum Gasteiger partial charge on any atom is -0.478 e. The SMILES string of the molecule is O=C(O)c1ccoc1-c1nn(Cc2ccccc2)c2ccccc12. The molecule has 5 heteroatoms. The second-order valence-corrected chi connectivity index (χ2v) is 5.48. The Bertz CT molecular complexity index is 1020. The molecule has 2 aromatic heterocycles. The van der Waals surface area contributed by atoms with Gasteiger partial charge in [0.05, 0.1) is 18.3 Å². The summed E-state index contributed by atoms with van der Waals surface area (Å²) in [6, 6.07) is 19.2. The number of nitrogens with zero attached hydrogens (tertiary/aromatic N) is 2. The van der Waals surface area contributed by atoms with Crippen molar-refractivity contribution in [1.29, 1.82) is 0 Å². The third-order valence-corrected chi connectivity index (χ3v) is 3.94. The molecule has 0 spiro atoms. The molecule has 0 bridgehead atoms. The van der Waals surface area contributed by atoms with E-state index >= 15 is 0 Å². The first-order chi connectivity index (χ1) is 11.7. The Hall–Kier alpha value is -3.34. The van der Waals surface area contributed by atoms with Gasteiger partial charge in [-0.15, -0.1) is 0 Å². The molecule has 0 atom stereocenters. The highest BCUT2D eigenvalue weighted by Crippen LogP contribution is 2.31. The quantitative estimate of drug-likeness (QED) is 0.616. The van der Waals surface area contributed by atoms with Gasteiger partial charge < -0.3 is 9.52 Å². The van der Waals surface area contributed by atoms with Crippen LogP contribution in [0.3, 0.4) is 0 Å². The Balaban J connectivity index is 1.88. The minimum absolute atomic E-state index is 0.116. The lowest BCUT2D eigenvalue weighted by molar-refractivity contribution is 0.0697. The smallest absolute Gasteiger partial charge is 0.339 e. The first kappa shape index (κ1) is 14.3. The number of fused-ring (bicyclic) bond motifs is 1. The van der Waals surface area contributed by atoms with Gasteiger partial charge in [-0.2, -0.15) is 5.10 Å². The van der Waals surface area contributed by atoms with Crippen LogP contribution in [0.2, 0.25) is 0 Å². The molecule has 5 nitrogen and oxygen atoms in total. The summed E-state index contributed by atoms with van der Waals surface area (Å²) in [6.07, 6.45) is 1.38. The van der Waals surface area contributed by atoms with Crippen molar-refractivity contribution >= 4 is 16.9 Å². The van der Waals surface area contributed by atoms with Gasteiger partial charge in [-0.05, 0) is 17.7 Å². The highest BCUT2D eigenvalue weighted by Gasteiger charge is 2.21. The largest absolute Gasteiger partial charge is 0.478 e. The predicted molar refractivity (Wildman–Crippen MR) is 89.9 cm³/mol. The molecule has 0 aliphatic heterocycles. The van der Waals surface area contributed by atoms with E-state index < -0.39 is 5.97 Å². The Labute approximate surface area is 137 Å². The molecule has 0 amide bonds. The van der Waals surface area contributed by atoms with Gasteiger partial charge in [0.2, 0.25) is 0 Å². The molecule has 0 aliphatic carbocycles. The molecule has 24 heavy (non-hydrogen) atoms. The first-order valence-corrected chi connectivity index (χ1v) is 7.54. The Morgan fingerprint density at radius 3 is 2.58 bits per heavy atom. The summed E-state index contributed by atoms with van der Waals surface area (Å²) in [6.45, 7) is 0.602. The van der Waals surface area contributed by atoms with E-state index in [0.29, 0.717) is 12.2 Å². The lowest BCUT2D eigenvalue weighted by Crippen LogP contribution is -2.02. The van der Waals surface area contributed by atoms with Crippen molar-refractivity contribution in [3.8, 4) is 11.5 Å². The zero-order valence-corrected chi connectivity index (χ0v) is 12.7. The van der Waals surface area contributed by atoms with Gasteiger partial charge in [-0.3, -0.25) is 4.68 Å². The van der Waals surface area contributed by atoms with Crippen molar-refractivity contribution in [2.45, 2.75) is 6.54 Å². The summed E-state index contributed by atoms with van der Waals surface area (Å²) in [4.78, 5) is 11.4. The number of hydrogen-bond acceptors (Lipinski definition) is 3. The molecule has 0 unspecified atom stereocenters. The standard InChI is InChI=1S/C19H14N2O3/c22-19(23)15-10-11-24-18(15)17-14-8-4-5-9-16(14)21(20-17)12-13-6-2-1-3-7-13/h1-11H,12H2,(H,22,23). The third-order valence-electron chi connectivity index (χ3n) is 3.94. The normalized spacial score (nSPS) is 11.0. The van der Waals surface area contributed by atoms with Crippen LogP contribution in [0.15, 0.2) is 71.3 Å². The van der Waals surface area contributed by atoms with Gasteiger partial charge in [0.15, 0.2) is 5.76 Å². The molecule has 2 aromatic carbocycles. The first-order valence-electron chi connectivity index (χ1n) is 7.54. The summed E-state index contributed by atoms with van der Waals surface area (Å²) in [5.41, 5.74) is 2.72. The summed E-state index contributed by atoms with van der Waals surface area (Å²) in [5, 5.41) is 14.8. The van der Waals surface area contributed by atoms with E-state index in [2.05, 4.69) is 5.10 Å². The molecular weight excluding hydrogens is 304 g/mol. The number of furan rings is 1. The number of aromatic carboxylic acids is 1. The number of aromatic nitrogens is 2. The van der Waals surface area contributed by atoms with Crippen LogP contribution >= 0.6 is 0 Å². The average Bonchev–Trinajstić information content (AvgIpc) is 3.21. The lowest BCUT2D eigenvalue weighted by atomic mass is 10.1. The van der Waals surface area contributed by atoms with Crippen molar-refractivity contribution < 1.29 is 14.3 Å². The fourth-order valence-corrected chi connectivity index (χ4v) is 2.83. The molecule has 4 aromatic rings. The maximum absolute atomic E-state index is 11.4. The van der Waals surface area contributed by atoms with E-state index in [1.54, 1.807) is 0 Å². The average molecular weight is 318 g/mol. The van der Waals surface area contributed by atoms with Gasteiger partial charge >= 0.3 is 5.97 Å². The van der Waals surface area contributed by atoms with E-state index in [0.717, 1.165) is 16.5 Å². The number of benzene rings is 2. The fraction of sp³-hybridized carbons (Fsp3) is 0.0526. The van der Waals surface area contributed by atoms with Crippen LogP contribution in [0.25, 0.3) is 22.4 Å². The van der Waals surface area contributed by atoms with Crippen molar-refractivity contribution in [2.24, 2.45) is 0 Å². The van der Waals surface area contributed by atoms with Crippen molar-refractivity contribution in [3.05, 3.63) is 78.1 Å². The third kappa shape index (κ3) is 2.36. The summed E-state index contributed by atoms with van der Waals surface area (Å²) in [5.74, 6) is -0.744. The van der Waals surface area contributed by atoms with E-state index in [9.17, 15) is 9.90 Å². The van der Waals surface area contributed by atoms with Crippen LogP contribution in [-0.2, 0) is 6.54 Å². The number of rotatable bonds is 4. The number of hydrogen-bond donors (Lipinski definition) is 1. The monoisotopic (exact) mass is 318 g/mol. The van der Waals surface area contributed by atoms with Gasteiger partial charge in [0, 0.05) is 5.39 Å². The van der Waals surface area contributed by atoms with Crippen LogP contribution in [0.1, 0.15) is 15.9 Å². The number of carbonyl (C=O) groups is 1. The molecule has 0 radical (unpaired) electrons. The molecular formula is C19H14N2O3. The van der Waals surface area contributed by atoms with Crippen LogP contribution < -0.4 is 0 Å². The maximum atomic E-state index is 11.4. The minimum atomic E-state index is -1.03. The van der Waals surface area contributed by atoms with Crippen LogP contribution in [0.4, 0.5) is 0 Å². The molecule has 0 saturated heterocycles. The van der Waals surface area contributed by atoms with Crippen molar-refractivity contribution in [3.63, 3.8) is 0 Å². The summed E-state index contributed by atoms with van der Waals surface area (Å²) >= 11 is 0. The molecule has 4 rings (SSSR count). The second-order valence-electron chi connectivity index (χ2n) is 5.48. The summed E-state index contributed by atoms with van der Waals surface area (Å²) in [7, 11) is 0. The highest BCUT2D eigenvalue weighted by molar-refractivity contribution is 6.00. The van der Waals surface area contributed by atoms with E-state index in [4.69, 9.17) is 4.42 Å². The van der Waals surface area contributed by atoms with Crippen molar-refractivity contribution in [1.82, 2.24) is 9.78 Å². The predicted octanol–water partition coefficient (Wildman–Crippen LogP) is 4.04. The Morgan fingerprint density at radius 1 is 1.04 bits per heavy atom. The zero-order valence-electron chi connectivity index (χ0n) is 12.7. The fourth-order valence-electron chi connectivity index (χ4n) is 2.83. The van der Waals surface area contributed by atoms with E-state index in [-0.39, 0.29) is 11.3 Å². The summed E-state index contributed by atoms with van der Waals surface area (Å²) < 4.78 is 7.30. The second kappa shape index (κ2) is 5.70. The number of carboxylic acid groups (broad SMARTS) is 1. The maximum Gasteiger partial charge on any atom is 0.339 e. The number of para-hydroxylation sites is 1. The highest BCUT2D eigenvalue weighted by atomic mass is 16.4. The van der Waals surface area contributed by atoms with Crippen LogP contribution in [-0.4, -0.2) is 20.9 Å². The van der Waals surface area contributed by atoms with Gasteiger partial charge in [0.25, 0.3) is 0 Å². The number of carboxylic acids is 1. The molecule has 0 saturated carbocycles. The molecule has 118 valence electrons. The van der Waals surface area contributed by atoms with Crippen molar-refractivity contribution in [2.75, 3.05) is 0 Å². The Kier molecular flexibility index (Phi) is 3.39. The zero-order chi connectivity index (χ0) is 16.5. The van der Waals surface area contributed by atoms with Gasteiger partial charge in [-0.1, -0.05) is 48.5 Å².